The molecule has 0 heterocycles. The van der Waals surface area contributed by atoms with E-state index in [4.69, 9.17) is 10.5 Å². The first-order chi connectivity index (χ1) is 10.3. The summed E-state index contributed by atoms with van der Waals surface area (Å²) < 4.78 is 0. The van der Waals surface area contributed by atoms with E-state index in [2.05, 4.69) is 5.32 Å². The lowest BCUT2D eigenvalue weighted by atomic mass is 10.0. The van der Waals surface area contributed by atoms with E-state index >= 15 is 0 Å². The number of allylic oxidation sites excluding steroid dienone is 1. The van der Waals surface area contributed by atoms with Crippen molar-refractivity contribution in [3.05, 3.63) is 77.5 Å². The van der Waals surface area contributed by atoms with Crippen LogP contribution in [0.5, 0.6) is 0 Å². The third kappa shape index (κ3) is 3.34. The summed E-state index contributed by atoms with van der Waals surface area (Å²) in [6.45, 7) is 0. The number of hydrogen-bond donors (Lipinski definition) is 1. The van der Waals surface area contributed by atoms with Crippen LogP contribution in [0, 0.1) is 22.7 Å². The Kier molecular flexibility index (Phi) is 4.48. The molecule has 0 aliphatic carbocycles. The lowest BCUT2D eigenvalue weighted by Crippen LogP contribution is -2.05. The summed E-state index contributed by atoms with van der Waals surface area (Å²) in [4.78, 5) is 12.5. The molecular formula is C17H11N3O. The molecule has 0 fully saturated rings. The number of para-hydroxylation sites is 1. The van der Waals surface area contributed by atoms with Crippen LogP contribution in [-0.2, 0) is 0 Å². The van der Waals surface area contributed by atoms with Crippen molar-refractivity contribution in [3.8, 4) is 12.1 Å². The van der Waals surface area contributed by atoms with Gasteiger partial charge in [-0.1, -0.05) is 42.5 Å². The molecule has 100 valence electrons. The SMILES string of the molecule is N#CC(C#N)=CNc1ccccc1C(=O)c1ccccc1. The number of hydrogen-bond acceptors (Lipinski definition) is 4. The Bertz CT molecular complexity index is 749. The maximum Gasteiger partial charge on any atom is 0.195 e. The standard InChI is InChI=1S/C17H11N3O/c18-10-13(11-19)12-20-16-9-5-4-8-15(16)17(21)14-6-2-1-3-7-14/h1-9,12,20H. The van der Waals surface area contributed by atoms with E-state index in [0.29, 0.717) is 16.8 Å². The summed E-state index contributed by atoms with van der Waals surface area (Å²) in [5.74, 6) is -0.123. The molecule has 2 rings (SSSR count). The number of carbonyl (C=O) groups is 1. The van der Waals surface area contributed by atoms with Crippen LogP contribution >= 0.6 is 0 Å². The molecule has 0 radical (unpaired) electrons. The predicted octanol–water partition coefficient (Wildman–Crippen LogP) is 3.26. The molecule has 21 heavy (non-hydrogen) atoms. The monoisotopic (exact) mass is 273 g/mol. The van der Waals surface area contributed by atoms with Crippen LogP contribution in [0.1, 0.15) is 15.9 Å². The smallest absolute Gasteiger partial charge is 0.195 e. The molecular weight excluding hydrogens is 262 g/mol. The molecule has 0 bridgehead atoms. The molecule has 0 aliphatic rings. The van der Waals surface area contributed by atoms with E-state index in [1.54, 1.807) is 60.7 Å². The minimum absolute atomic E-state index is 0.0584. The van der Waals surface area contributed by atoms with E-state index in [1.165, 1.54) is 6.20 Å². The molecule has 0 unspecified atom stereocenters. The summed E-state index contributed by atoms with van der Waals surface area (Å²) >= 11 is 0. The average Bonchev–Trinajstić information content (AvgIpc) is 2.56. The quantitative estimate of drug-likeness (QED) is 0.685. The van der Waals surface area contributed by atoms with Crippen LogP contribution in [-0.4, -0.2) is 5.78 Å². The van der Waals surface area contributed by atoms with Crippen LogP contribution in [0.15, 0.2) is 66.4 Å². The van der Waals surface area contributed by atoms with Crippen LogP contribution in [0.25, 0.3) is 0 Å². The van der Waals surface area contributed by atoms with Crippen molar-refractivity contribution < 1.29 is 4.79 Å². The topological polar surface area (TPSA) is 76.7 Å². The number of carbonyl (C=O) groups excluding carboxylic acids is 1. The first kappa shape index (κ1) is 14.0. The Labute approximate surface area is 122 Å². The van der Waals surface area contributed by atoms with Gasteiger partial charge >= 0.3 is 0 Å². The van der Waals surface area contributed by atoms with Gasteiger partial charge in [0, 0.05) is 23.0 Å². The molecule has 0 saturated heterocycles. The molecule has 0 aliphatic heterocycles. The molecule has 0 saturated carbocycles. The Morgan fingerprint density at radius 2 is 1.57 bits per heavy atom. The normalized spacial score (nSPS) is 9.05. The number of nitrogens with one attached hydrogen (secondary N) is 1. The van der Waals surface area contributed by atoms with Crippen LogP contribution in [0.2, 0.25) is 0 Å². The summed E-state index contributed by atoms with van der Waals surface area (Å²) in [7, 11) is 0. The third-order valence-corrected chi connectivity index (χ3v) is 2.82. The first-order valence-electron chi connectivity index (χ1n) is 6.22. The second kappa shape index (κ2) is 6.70. The van der Waals surface area contributed by atoms with Crippen LogP contribution < -0.4 is 5.32 Å². The molecule has 0 spiro atoms. The number of benzene rings is 2. The van der Waals surface area contributed by atoms with E-state index in [-0.39, 0.29) is 11.4 Å². The van der Waals surface area contributed by atoms with Crippen molar-refractivity contribution in [2.24, 2.45) is 0 Å². The fourth-order valence-electron chi connectivity index (χ4n) is 1.79. The molecule has 4 heteroatoms. The summed E-state index contributed by atoms with van der Waals surface area (Å²) in [6.07, 6.45) is 1.29. The van der Waals surface area contributed by atoms with Crippen LogP contribution in [0.3, 0.4) is 0 Å². The Balaban J connectivity index is 2.35. The second-order valence-corrected chi connectivity index (χ2v) is 4.17. The van der Waals surface area contributed by atoms with Crippen molar-refractivity contribution in [1.82, 2.24) is 0 Å². The number of ketones is 1. The molecule has 0 aromatic heterocycles. The van der Waals surface area contributed by atoms with Crippen LogP contribution in [0.4, 0.5) is 5.69 Å². The number of nitrogens with zero attached hydrogens (tertiary/aromatic N) is 2. The van der Waals surface area contributed by atoms with Gasteiger partial charge in [0.1, 0.15) is 17.7 Å². The van der Waals surface area contributed by atoms with Gasteiger partial charge < -0.3 is 5.32 Å². The highest BCUT2D eigenvalue weighted by atomic mass is 16.1. The highest BCUT2D eigenvalue weighted by molar-refractivity contribution is 6.12. The van der Waals surface area contributed by atoms with E-state index in [0.717, 1.165) is 0 Å². The predicted molar refractivity (Wildman–Crippen MR) is 79.2 cm³/mol. The van der Waals surface area contributed by atoms with E-state index in [1.807, 2.05) is 6.07 Å². The van der Waals surface area contributed by atoms with Gasteiger partial charge in [-0.25, -0.2) is 0 Å². The largest absolute Gasteiger partial charge is 0.359 e. The number of anilines is 1. The van der Waals surface area contributed by atoms with Crippen molar-refractivity contribution in [2.75, 3.05) is 5.32 Å². The van der Waals surface area contributed by atoms with Gasteiger partial charge in [0.2, 0.25) is 0 Å². The van der Waals surface area contributed by atoms with Gasteiger partial charge in [-0.3, -0.25) is 4.79 Å². The Morgan fingerprint density at radius 3 is 2.24 bits per heavy atom. The maximum absolute atomic E-state index is 12.5. The van der Waals surface area contributed by atoms with Gasteiger partial charge in [0.15, 0.2) is 5.78 Å². The van der Waals surface area contributed by atoms with Gasteiger partial charge in [-0.05, 0) is 12.1 Å². The molecule has 1 N–H and O–H groups in total. The fourth-order valence-corrected chi connectivity index (χ4v) is 1.79. The maximum atomic E-state index is 12.5. The van der Waals surface area contributed by atoms with E-state index in [9.17, 15) is 4.79 Å². The molecule has 2 aromatic carbocycles. The zero-order chi connectivity index (χ0) is 15.1. The molecule has 2 aromatic rings. The van der Waals surface area contributed by atoms with Crippen molar-refractivity contribution >= 4 is 11.5 Å². The lowest BCUT2D eigenvalue weighted by molar-refractivity contribution is 0.103. The van der Waals surface area contributed by atoms with Gasteiger partial charge in [0.25, 0.3) is 0 Å². The highest BCUT2D eigenvalue weighted by Crippen LogP contribution is 2.19. The summed E-state index contributed by atoms with van der Waals surface area (Å²) in [6, 6.07) is 19.4. The van der Waals surface area contributed by atoms with Gasteiger partial charge in [-0.15, -0.1) is 0 Å². The third-order valence-electron chi connectivity index (χ3n) is 2.82. The number of nitriles is 2. The lowest BCUT2D eigenvalue weighted by Gasteiger charge is -2.08. The first-order valence-corrected chi connectivity index (χ1v) is 6.22. The van der Waals surface area contributed by atoms with Crippen molar-refractivity contribution in [3.63, 3.8) is 0 Å². The number of rotatable bonds is 4. The molecule has 4 nitrogen and oxygen atoms in total. The minimum atomic E-state index is -0.123. The Morgan fingerprint density at radius 1 is 0.952 bits per heavy atom. The fraction of sp³-hybridized carbons (Fsp3) is 0. The Hall–Kier alpha value is -3.37. The van der Waals surface area contributed by atoms with Gasteiger partial charge in [-0.2, -0.15) is 10.5 Å². The van der Waals surface area contributed by atoms with Crippen molar-refractivity contribution in [1.29, 1.82) is 10.5 Å². The van der Waals surface area contributed by atoms with E-state index < -0.39 is 0 Å². The van der Waals surface area contributed by atoms with Crippen molar-refractivity contribution in [2.45, 2.75) is 0 Å². The minimum Gasteiger partial charge on any atom is -0.359 e. The summed E-state index contributed by atoms with van der Waals surface area (Å²) in [5.41, 5.74) is 1.55. The zero-order valence-electron chi connectivity index (χ0n) is 11.1. The molecule has 0 amide bonds. The van der Waals surface area contributed by atoms with Gasteiger partial charge in [0.05, 0.1) is 0 Å². The highest BCUT2D eigenvalue weighted by Gasteiger charge is 2.12. The summed E-state index contributed by atoms with van der Waals surface area (Å²) in [5, 5.41) is 20.3. The second-order valence-electron chi connectivity index (χ2n) is 4.17. The molecule has 0 atom stereocenters. The average molecular weight is 273 g/mol. The zero-order valence-corrected chi connectivity index (χ0v) is 11.1.